The highest BCUT2D eigenvalue weighted by Gasteiger charge is 2.00. The van der Waals surface area contributed by atoms with E-state index in [0.717, 1.165) is 5.56 Å². The Hall–Kier alpha value is -0.940. The summed E-state index contributed by atoms with van der Waals surface area (Å²) < 4.78 is 13.5. The Morgan fingerprint density at radius 1 is 1.53 bits per heavy atom. The Bertz CT molecular complexity index is 357. The fourth-order valence-corrected chi connectivity index (χ4v) is 1.34. The maximum atomic E-state index is 13.1. The lowest BCUT2D eigenvalue weighted by molar-refractivity contribution is -0.117. The molecule has 0 fully saturated rings. The molecule has 5 heteroatoms. The van der Waals surface area contributed by atoms with Gasteiger partial charge in [0.25, 0.3) is 0 Å². The van der Waals surface area contributed by atoms with Crippen LogP contribution < -0.4 is 11.1 Å². The van der Waals surface area contributed by atoms with Gasteiger partial charge in [-0.1, -0.05) is 6.07 Å². The zero-order valence-corrected chi connectivity index (χ0v) is 9.68. The number of nitrogens with one attached hydrogen (secondary N) is 1. The first kappa shape index (κ1) is 12.1. The molecule has 0 aromatic heterocycles. The molecule has 0 saturated heterocycles. The predicted octanol–water partition coefficient (Wildman–Crippen LogP) is 1.55. The highest BCUT2D eigenvalue weighted by atomic mass is 79.9. The lowest BCUT2D eigenvalue weighted by atomic mass is 10.2. The standard InChI is InChI=1S/C10H12BrFN2O/c11-8-2-1-7(5-9(8)12)6-14-4-3-10(13)15/h1-2,5,14H,3-4,6H2,(H2,13,15). The second-order valence-electron chi connectivity index (χ2n) is 3.14. The summed E-state index contributed by atoms with van der Waals surface area (Å²) in [5.74, 6) is -0.631. The molecule has 15 heavy (non-hydrogen) atoms. The monoisotopic (exact) mass is 274 g/mol. The van der Waals surface area contributed by atoms with Crippen LogP contribution in [-0.2, 0) is 11.3 Å². The van der Waals surface area contributed by atoms with Crippen LogP contribution in [0.25, 0.3) is 0 Å². The topological polar surface area (TPSA) is 55.1 Å². The SMILES string of the molecule is NC(=O)CCNCc1ccc(Br)c(F)c1. The summed E-state index contributed by atoms with van der Waals surface area (Å²) >= 11 is 3.07. The van der Waals surface area contributed by atoms with Crippen LogP contribution in [0.5, 0.6) is 0 Å². The molecule has 3 nitrogen and oxygen atoms in total. The van der Waals surface area contributed by atoms with Crippen LogP contribution in [0.1, 0.15) is 12.0 Å². The van der Waals surface area contributed by atoms with Crippen LogP contribution in [0.15, 0.2) is 22.7 Å². The molecule has 1 aromatic rings. The first-order chi connectivity index (χ1) is 7.09. The van der Waals surface area contributed by atoms with Crippen molar-refractivity contribution in [1.82, 2.24) is 5.32 Å². The van der Waals surface area contributed by atoms with Gasteiger partial charge in [-0.3, -0.25) is 4.79 Å². The smallest absolute Gasteiger partial charge is 0.218 e. The first-order valence-corrected chi connectivity index (χ1v) is 5.32. The largest absolute Gasteiger partial charge is 0.370 e. The molecule has 0 bridgehead atoms. The Labute approximate surface area is 96.0 Å². The molecule has 0 spiro atoms. The first-order valence-electron chi connectivity index (χ1n) is 4.52. The van der Waals surface area contributed by atoms with Crippen molar-refractivity contribution in [3.05, 3.63) is 34.1 Å². The summed E-state index contributed by atoms with van der Waals surface area (Å²) in [7, 11) is 0. The Balaban J connectivity index is 2.38. The third kappa shape index (κ3) is 4.40. The molecule has 0 aliphatic heterocycles. The van der Waals surface area contributed by atoms with E-state index in [-0.39, 0.29) is 11.7 Å². The second-order valence-corrected chi connectivity index (χ2v) is 4.00. The minimum atomic E-state index is -0.343. The van der Waals surface area contributed by atoms with Crippen molar-refractivity contribution in [2.24, 2.45) is 5.73 Å². The van der Waals surface area contributed by atoms with Crippen molar-refractivity contribution in [3.63, 3.8) is 0 Å². The van der Waals surface area contributed by atoms with E-state index in [9.17, 15) is 9.18 Å². The Morgan fingerprint density at radius 2 is 2.27 bits per heavy atom. The molecule has 3 N–H and O–H groups in total. The summed E-state index contributed by atoms with van der Waals surface area (Å²) in [4.78, 5) is 10.4. The molecule has 82 valence electrons. The molecule has 0 atom stereocenters. The summed E-state index contributed by atoms with van der Waals surface area (Å²) in [5, 5.41) is 3.00. The number of rotatable bonds is 5. The summed E-state index contributed by atoms with van der Waals surface area (Å²) in [6, 6.07) is 4.91. The zero-order valence-electron chi connectivity index (χ0n) is 8.09. The van der Waals surface area contributed by atoms with Crippen LogP contribution in [0.3, 0.4) is 0 Å². The van der Waals surface area contributed by atoms with Crippen LogP contribution in [-0.4, -0.2) is 12.5 Å². The van der Waals surface area contributed by atoms with Gasteiger partial charge in [0.1, 0.15) is 5.82 Å². The fourth-order valence-electron chi connectivity index (χ4n) is 1.09. The van der Waals surface area contributed by atoms with E-state index in [1.807, 2.05) is 6.07 Å². The van der Waals surface area contributed by atoms with Gasteiger partial charge >= 0.3 is 0 Å². The van der Waals surface area contributed by atoms with Gasteiger partial charge < -0.3 is 11.1 Å². The highest BCUT2D eigenvalue weighted by Crippen LogP contribution is 2.16. The minimum Gasteiger partial charge on any atom is -0.370 e. The summed E-state index contributed by atoms with van der Waals surface area (Å²) in [5.41, 5.74) is 5.80. The van der Waals surface area contributed by atoms with Crippen LogP contribution >= 0.6 is 15.9 Å². The van der Waals surface area contributed by atoms with Crippen LogP contribution in [0.4, 0.5) is 4.39 Å². The number of halogens is 2. The van der Waals surface area contributed by atoms with Crippen molar-refractivity contribution in [3.8, 4) is 0 Å². The molecule has 1 amide bonds. The van der Waals surface area contributed by atoms with Gasteiger partial charge in [0.15, 0.2) is 0 Å². The molecule has 0 aliphatic rings. The number of hydrogen-bond donors (Lipinski definition) is 2. The van der Waals surface area contributed by atoms with E-state index < -0.39 is 0 Å². The van der Waals surface area contributed by atoms with E-state index in [2.05, 4.69) is 21.2 Å². The predicted molar refractivity (Wildman–Crippen MR) is 59.6 cm³/mol. The van der Waals surface area contributed by atoms with E-state index in [0.29, 0.717) is 24.0 Å². The number of amides is 1. The van der Waals surface area contributed by atoms with E-state index in [4.69, 9.17) is 5.73 Å². The summed E-state index contributed by atoms with van der Waals surface area (Å²) in [6.45, 7) is 1.03. The average Bonchev–Trinajstić information content (AvgIpc) is 2.18. The third-order valence-corrected chi connectivity index (χ3v) is 2.50. The van der Waals surface area contributed by atoms with E-state index in [1.165, 1.54) is 6.07 Å². The lowest BCUT2D eigenvalue weighted by Crippen LogP contribution is -2.21. The molecule has 0 saturated carbocycles. The van der Waals surface area contributed by atoms with Crippen molar-refractivity contribution in [1.29, 1.82) is 0 Å². The van der Waals surface area contributed by atoms with Crippen molar-refractivity contribution >= 4 is 21.8 Å². The molecule has 1 aromatic carbocycles. The van der Waals surface area contributed by atoms with Crippen molar-refractivity contribution < 1.29 is 9.18 Å². The summed E-state index contributed by atoms with van der Waals surface area (Å²) in [6.07, 6.45) is 0.291. The van der Waals surface area contributed by atoms with Crippen molar-refractivity contribution in [2.45, 2.75) is 13.0 Å². The molecule has 1 rings (SSSR count). The van der Waals surface area contributed by atoms with Crippen LogP contribution in [0.2, 0.25) is 0 Å². The van der Waals surface area contributed by atoms with E-state index in [1.54, 1.807) is 6.07 Å². The molecule has 0 aliphatic carbocycles. The molecule has 0 heterocycles. The number of benzene rings is 1. The Kier molecular flexibility index (Phi) is 4.71. The number of primary amides is 1. The van der Waals surface area contributed by atoms with Gasteiger partial charge in [0, 0.05) is 19.5 Å². The van der Waals surface area contributed by atoms with Gasteiger partial charge in [-0.05, 0) is 33.6 Å². The number of nitrogens with two attached hydrogens (primary N) is 1. The van der Waals surface area contributed by atoms with Gasteiger partial charge in [-0.15, -0.1) is 0 Å². The second kappa shape index (κ2) is 5.82. The number of carbonyl (C=O) groups is 1. The maximum Gasteiger partial charge on any atom is 0.218 e. The molecular formula is C10H12BrFN2O. The molecular weight excluding hydrogens is 263 g/mol. The fraction of sp³-hybridized carbons (Fsp3) is 0.300. The van der Waals surface area contributed by atoms with Crippen molar-refractivity contribution in [2.75, 3.05) is 6.54 Å². The maximum absolute atomic E-state index is 13.1. The normalized spacial score (nSPS) is 10.3. The lowest BCUT2D eigenvalue weighted by Gasteiger charge is -2.04. The van der Waals surface area contributed by atoms with Gasteiger partial charge in [0.05, 0.1) is 4.47 Å². The number of hydrogen-bond acceptors (Lipinski definition) is 2. The minimum absolute atomic E-state index is 0.288. The van der Waals surface area contributed by atoms with Gasteiger partial charge in [0.2, 0.25) is 5.91 Å². The molecule has 0 unspecified atom stereocenters. The third-order valence-electron chi connectivity index (χ3n) is 1.86. The highest BCUT2D eigenvalue weighted by molar-refractivity contribution is 9.10. The van der Waals surface area contributed by atoms with Gasteiger partial charge in [-0.25, -0.2) is 4.39 Å². The number of carbonyl (C=O) groups excluding carboxylic acids is 1. The Morgan fingerprint density at radius 3 is 2.87 bits per heavy atom. The van der Waals surface area contributed by atoms with Crippen LogP contribution in [0, 0.1) is 5.82 Å². The van der Waals surface area contributed by atoms with Gasteiger partial charge in [-0.2, -0.15) is 0 Å². The van der Waals surface area contributed by atoms with E-state index >= 15 is 0 Å². The molecule has 0 radical (unpaired) electrons. The average molecular weight is 275 g/mol. The quantitative estimate of drug-likeness (QED) is 0.801. The zero-order chi connectivity index (χ0) is 11.3.